The van der Waals surface area contributed by atoms with Crippen LogP contribution in [0.15, 0.2) is 73.3 Å². The van der Waals surface area contributed by atoms with E-state index in [4.69, 9.17) is 5.10 Å². The van der Waals surface area contributed by atoms with Crippen LogP contribution in [0.4, 0.5) is 10.2 Å². The first-order chi connectivity index (χ1) is 16.1. The zero-order valence-corrected chi connectivity index (χ0v) is 18.2. The number of hydrogen-bond donors (Lipinski definition) is 0. The third kappa shape index (κ3) is 4.32. The number of carbonyl (C=O) groups excluding carboxylic acids is 1. The van der Waals surface area contributed by atoms with Gasteiger partial charge in [0.15, 0.2) is 0 Å². The Morgan fingerprint density at radius 2 is 1.67 bits per heavy atom. The molecule has 0 bridgehead atoms. The molecule has 0 unspecified atom stereocenters. The van der Waals surface area contributed by atoms with Crippen LogP contribution in [0, 0.1) is 12.7 Å². The van der Waals surface area contributed by atoms with Crippen LogP contribution in [0.2, 0.25) is 0 Å². The van der Waals surface area contributed by atoms with Crippen molar-refractivity contribution < 1.29 is 9.18 Å². The topological polar surface area (TPSA) is 67.2 Å². The summed E-state index contributed by atoms with van der Waals surface area (Å²) < 4.78 is 15.0. The van der Waals surface area contributed by atoms with E-state index in [1.165, 1.54) is 12.1 Å². The van der Waals surface area contributed by atoms with Crippen molar-refractivity contribution in [1.82, 2.24) is 24.6 Å². The van der Waals surface area contributed by atoms with Crippen molar-refractivity contribution in [2.45, 2.75) is 6.92 Å². The van der Waals surface area contributed by atoms with Gasteiger partial charge in [0.2, 0.25) is 0 Å². The van der Waals surface area contributed by atoms with Gasteiger partial charge in [-0.15, -0.1) is 0 Å². The predicted molar refractivity (Wildman–Crippen MR) is 124 cm³/mol. The number of piperazine rings is 1. The highest BCUT2D eigenvalue weighted by Gasteiger charge is 2.27. The number of halogens is 1. The molecule has 166 valence electrons. The van der Waals surface area contributed by atoms with Gasteiger partial charge in [0.1, 0.15) is 17.3 Å². The second-order valence-corrected chi connectivity index (χ2v) is 8.02. The smallest absolute Gasteiger partial charge is 0.257 e. The number of aromatic nitrogens is 4. The van der Waals surface area contributed by atoms with E-state index < -0.39 is 0 Å². The van der Waals surface area contributed by atoms with Gasteiger partial charge >= 0.3 is 0 Å². The van der Waals surface area contributed by atoms with Crippen molar-refractivity contribution in [2.24, 2.45) is 0 Å². The molecule has 1 aliphatic heterocycles. The third-order valence-electron chi connectivity index (χ3n) is 5.80. The molecule has 1 aliphatic rings. The molecular formula is C25H23FN6O. The van der Waals surface area contributed by atoms with Gasteiger partial charge < -0.3 is 9.80 Å². The number of benzene rings is 2. The number of anilines is 1. The van der Waals surface area contributed by atoms with Gasteiger partial charge in [0, 0.05) is 50.3 Å². The molecule has 4 aromatic rings. The third-order valence-corrected chi connectivity index (χ3v) is 5.80. The standard InChI is InChI=1S/C25H23FN6O/c1-18-2-4-19(5-3-18)24-22(17-32(29-24)21-8-6-20(26)7-9-21)25(33)31-14-12-30(13-15-31)23-16-27-10-11-28-23/h2-11,16-17H,12-15H2,1H3. The summed E-state index contributed by atoms with van der Waals surface area (Å²) in [6, 6.07) is 14.0. The van der Waals surface area contributed by atoms with Crippen LogP contribution >= 0.6 is 0 Å². The summed E-state index contributed by atoms with van der Waals surface area (Å²) in [5.41, 5.74) is 3.82. The Labute approximate surface area is 191 Å². The first kappa shape index (κ1) is 20.8. The largest absolute Gasteiger partial charge is 0.352 e. The van der Waals surface area contributed by atoms with Crippen LogP contribution in [0.5, 0.6) is 0 Å². The lowest BCUT2D eigenvalue weighted by atomic mass is 10.1. The van der Waals surface area contributed by atoms with Crippen molar-refractivity contribution in [3.05, 3.63) is 90.3 Å². The SMILES string of the molecule is Cc1ccc(-c2nn(-c3ccc(F)cc3)cc2C(=O)N2CCN(c3cnccn3)CC2)cc1. The zero-order chi connectivity index (χ0) is 22.8. The van der Waals surface area contributed by atoms with E-state index in [1.807, 2.05) is 36.1 Å². The average Bonchev–Trinajstić information content (AvgIpc) is 3.30. The maximum Gasteiger partial charge on any atom is 0.257 e. The fourth-order valence-electron chi connectivity index (χ4n) is 3.94. The first-order valence-corrected chi connectivity index (χ1v) is 10.8. The molecule has 0 spiro atoms. The molecule has 3 heterocycles. The first-order valence-electron chi connectivity index (χ1n) is 10.8. The van der Waals surface area contributed by atoms with Gasteiger partial charge in [-0.05, 0) is 31.2 Å². The quantitative estimate of drug-likeness (QED) is 0.482. The number of rotatable bonds is 4. The van der Waals surface area contributed by atoms with Crippen LogP contribution in [-0.4, -0.2) is 56.7 Å². The Morgan fingerprint density at radius 3 is 2.33 bits per heavy atom. The number of carbonyl (C=O) groups is 1. The Morgan fingerprint density at radius 1 is 0.939 bits per heavy atom. The van der Waals surface area contributed by atoms with Crippen LogP contribution in [0.1, 0.15) is 15.9 Å². The second-order valence-electron chi connectivity index (χ2n) is 8.02. The Kier molecular flexibility index (Phi) is 5.56. The van der Waals surface area contributed by atoms with Crippen molar-refractivity contribution in [3.8, 4) is 16.9 Å². The summed E-state index contributed by atoms with van der Waals surface area (Å²) in [6.45, 7) is 4.52. The minimum absolute atomic E-state index is 0.0715. The highest BCUT2D eigenvalue weighted by Crippen LogP contribution is 2.26. The molecule has 0 aliphatic carbocycles. The molecule has 0 saturated carbocycles. The summed E-state index contributed by atoms with van der Waals surface area (Å²) in [5, 5.41) is 4.71. The molecular weight excluding hydrogens is 419 g/mol. The molecule has 0 radical (unpaired) electrons. The number of aryl methyl sites for hydroxylation is 1. The van der Waals surface area contributed by atoms with Gasteiger partial charge in [-0.25, -0.2) is 14.1 Å². The highest BCUT2D eigenvalue weighted by atomic mass is 19.1. The molecule has 2 aromatic carbocycles. The zero-order valence-electron chi connectivity index (χ0n) is 18.2. The molecule has 8 heteroatoms. The minimum Gasteiger partial charge on any atom is -0.352 e. The molecule has 1 amide bonds. The van der Waals surface area contributed by atoms with Gasteiger partial charge in [-0.3, -0.25) is 9.78 Å². The molecule has 7 nitrogen and oxygen atoms in total. The van der Waals surface area contributed by atoms with Gasteiger partial charge in [0.25, 0.3) is 5.91 Å². The summed E-state index contributed by atoms with van der Waals surface area (Å²) in [6.07, 6.45) is 6.79. The molecule has 0 atom stereocenters. The van der Waals surface area contributed by atoms with Crippen molar-refractivity contribution in [1.29, 1.82) is 0 Å². The van der Waals surface area contributed by atoms with Crippen molar-refractivity contribution in [2.75, 3.05) is 31.1 Å². The van der Waals surface area contributed by atoms with Crippen LogP contribution in [0.3, 0.4) is 0 Å². The number of amides is 1. The van der Waals surface area contributed by atoms with E-state index >= 15 is 0 Å². The normalized spacial score (nSPS) is 13.9. The molecule has 1 fully saturated rings. The monoisotopic (exact) mass is 442 g/mol. The minimum atomic E-state index is -0.318. The summed E-state index contributed by atoms with van der Waals surface area (Å²) in [5.74, 6) is 0.425. The lowest BCUT2D eigenvalue weighted by Gasteiger charge is -2.35. The Bertz CT molecular complexity index is 1250. The number of nitrogens with zero attached hydrogens (tertiary/aromatic N) is 6. The highest BCUT2D eigenvalue weighted by molar-refractivity contribution is 6.00. The fourth-order valence-corrected chi connectivity index (χ4v) is 3.94. The van der Waals surface area contributed by atoms with Crippen molar-refractivity contribution in [3.63, 3.8) is 0 Å². The average molecular weight is 442 g/mol. The Balaban J connectivity index is 1.44. The maximum absolute atomic E-state index is 13.6. The van der Waals surface area contributed by atoms with Crippen LogP contribution < -0.4 is 4.90 Å². The van der Waals surface area contributed by atoms with Gasteiger partial charge in [0.05, 0.1) is 17.4 Å². The summed E-state index contributed by atoms with van der Waals surface area (Å²) >= 11 is 0. The van der Waals surface area contributed by atoms with E-state index in [1.54, 1.807) is 41.6 Å². The molecule has 33 heavy (non-hydrogen) atoms. The fraction of sp³-hybridized carbons (Fsp3) is 0.200. The molecule has 5 rings (SSSR count). The molecule has 2 aromatic heterocycles. The van der Waals surface area contributed by atoms with E-state index in [-0.39, 0.29) is 11.7 Å². The maximum atomic E-state index is 13.6. The predicted octanol–water partition coefficient (Wildman–Crippen LogP) is 3.74. The van der Waals surface area contributed by atoms with Crippen molar-refractivity contribution >= 4 is 11.7 Å². The second kappa shape index (κ2) is 8.82. The lowest BCUT2D eigenvalue weighted by molar-refractivity contribution is 0.0747. The van der Waals surface area contributed by atoms with E-state index in [0.717, 1.165) is 16.9 Å². The molecule has 0 N–H and O–H groups in total. The Hall–Kier alpha value is -4.07. The van der Waals surface area contributed by atoms with Crippen LogP contribution in [-0.2, 0) is 0 Å². The summed E-state index contributed by atoms with van der Waals surface area (Å²) in [7, 11) is 0. The van der Waals surface area contributed by atoms with Gasteiger partial charge in [-0.1, -0.05) is 29.8 Å². The van der Waals surface area contributed by atoms with Crippen LogP contribution in [0.25, 0.3) is 16.9 Å². The summed E-state index contributed by atoms with van der Waals surface area (Å²) in [4.78, 5) is 26.0. The number of hydrogen-bond acceptors (Lipinski definition) is 5. The van der Waals surface area contributed by atoms with E-state index in [9.17, 15) is 9.18 Å². The van der Waals surface area contributed by atoms with Gasteiger partial charge in [-0.2, -0.15) is 5.10 Å². The molecule has 1 saturated heterocycles. The van der Waals surface area contributed by atoms with E-state index in [0.29, 0.717) is 43.1 Å². The lowest BCUT2D eigenvalue weighted by Crippen LogP contribution is -2.49. The van der Waals surface area contributed by atoms with E-state index in [2.05, 4.69) is 14.9 Å².